The first-order chi connectivity index (χ1) is 10.1. The highest BCUT2D eigenvalue weighted by Crippen LogP contribution is 2.29. The van der Waals surface area contributed by atoms with Gasteiger partial charge in [-0.2, -0.15) is 0 Å². The molecule has 6 N–H and O–H groups in total. The van der Waals surface area contributed by atoms with Crippen LogP contribution in [0.4, 0.5) is 5.69 Å². The largest absolute Gasteiger partial charge is 0.398 e. The molecule has 0 heterocycles. The van der Waals surface area contributed by atoms with E-state index in [9.17, 15) is 4.79 Å². The van der Waals surface area contributed by atoms with E-state index in [0.29, 0.717) is 5.69 Å². The van der Waals surface area contributed by atoms with E-state index >= 15 is 0 Å². The minimum absolute atomic E-state index is 0.0992. The van der Waals surface area contributed by atoms with Crippen molar-refractivity contribution in [2.24, 2.45) is 5.84 Å². The molecule has 0 aliphatic rings. The van der Waals surface area contributed by atoms with Gasteiger partial charge >= 0.3 is 0 Å². The maximum absolute atomic E-state index is 11.4. The van der Waals surface area contributed by atoms with Crippen LogP contribution in [0.15, 0.2) is 53.0 Å². The van der Waals surface area contributed by atoms with Crippen molar-refractivity contribution in [3.63, 3.8) is 0 Å². The Balaban J connectivity index is 2.35. The number of halogens is 1. The lowest BCUT2D eigenvalue weighted by molar-refractivity contribution is -0.120. The van der Waals surface area contributed by atoms with Gasteiger partial charge in [-0.05, 0) is 29.3 Å². The number of nitrogens with two attached hydrogens (primary N) is 2. The van der Waals surface area contributed by atoms with E-state index in [4.69, 9.17) is 11.6 Å². The molecule has 0 aliphatic heterocycles. The molecule has 21 heavy (non-hydrogen) atoms. The van der Waals surface area contributed by atoms with Crippen molar-refractivity contribution in [3.05, 3.63) is 64.1 Å². The number of carbonyl (C=O) groups is 1. The van der Waals surface area contributed by atoms with E-state index in [1.807, 2.05) is 48.5 Å². The summed E-state index contributed by atoms with van der Waals surface area (Å²) in [5.74, 6) is 4.83. The Morgan fingerprint density at radius 3 is 2.57 bits per heavy atom. The van der Waals surface area contributed by atoms with Crippen molar-refractivity contribution >= 4 is 27.5 Å². The summed E-state index contributed by atoms with van der Waals surface area (Å²) in [4.78, 5) is 11.4. The Kier molecular flexibility index (Phi) is 5.32. The van der Waals surface area contributed by atoms with E-state index in [1.165, 1.54) is 0 Å². The molecule has 1 amide bonds. The molecule has 1 atom stereocenters. The molecule has 0 saturated carbocycles. The molecular formula is C15H17BrN4O. The average molecular weight is 349 g/mol. The van der Waals surface area contributed by atoms with E-state index in [2.05, 4.69) is 26.7 Å². The topological polar surface area (TPSA) is 93.2 Å². The van der Waals surface area contributed by atoms with Gasteiger partial charge in [-0.3, -0.25) is 15.5 Å². The lowest BCUT2D eigenvalue weighted by Crippen LogP contribution is -2.39. The third-order valence-electron chi connectivity index (χ3n) is 3.12. The minimum Gasteiger partial charge on any atom is -0.398 e. The van der Waals surface area contributed by atoms with Gasteiger partial charge in [0.15, 0.2) is 0 Å². The molecule has 0 spiro atoms. The van der Waals surface area contributed by atoms with E-state index in [1.54, 1.807) is 0 Å². The summed E-state index contributed by atoms with van der Waals surface area (Å²) < 4.78 is 0.928. The molecule has 0 radical (unpaired) electrons. The molecule has 5 nitrogen and oxygen atoms in total. The second kappa shape index (κ2) is 7.21. The summed E-state index contributed by atoms with van der Waals surface area (Å²) in [5.41, 5.74) is 10.8. The fraction of sp³-hybridized carbons (Fsp3) is 0.133. The Bertz CT molecular complexity index is 618. The molecule has 2 rings (SSSR count). The number of nitrogen functional groups attached to an aromatic ring is 1. The standard InChI is InChI=1S/C15H17BrN4O/c16-11-6-7-13(17)12(8-11)15(19-9-14(21)20-18)10-4-2-1-3-5-10/h1-8,15,19H,9,17-18H2,(H,20,21)/t15-/m1/s1. The quantitative estimate of drug-likeness (QED) is 0.286. The van der Waals surface area contributed by atoms with Crippen molar-refractivity contribution in [1.82, 2.24) is 10.7 Å². The van der Waals surface area contributed by atoms with E-state index in [0.717, 1.165) is 15.6 Å². The fourth-order valence-corrected chi connectivity index (χ4v) is 2.47. The zero-order valence-corrected chi connectivity index (χ0v) is 12.9. The first-order valence-corrected chi connectivity index (χ1v) is 7.24. The number of hydrazine groups is 1. The van der Waals surface area contributed by atoms with Crippen molar-refractivity contribution in [2.45, 2.75) is 6.04 Å². The lowest BCUT2D eigenvalue weighted by Gasteiger charge is -2.21. The molecule has 110 valence electrons. The Morgan fingerprint density at radius 2 is 1.90 bits per heavy atom. The van der Waals surface area contributed by atoms with Gasteiger partial charge < -0.3 is 5.73 Å². The van der Waals surface area contributed by atoms with Crippen LogP contribution < -0.4 is 22.3 Å². The van der Waals surface area contributed by atoms with Crippen LogP contribution in [0.1, 0.15) is 17.2 Å². The average Bonchev–Trinajstić information content (AvgIpc) is 2.51. The van der Waals surface area contributed by atoms with Gasteiger partial charge in [-0.1, -0.05) is 46.3 Å². The normalized spacial score (nSPS) is 11.9. The summed E-state index contributed by atoms with van der Waals surface area (Å²) in [6.45, 7) is 0.0992. The number of anilines is 1. The molecule has 0 bridgehead atoms. The van der Waals surface area contributed by atoms with Gasteiger partial charge in [-0.15, -0.1) is 0 Å². The highest BCUT2D eigenvalue weighted by Gasteiger charge is 2.17. The van der Waals surface area contributed by atoms with Crippen LogP contribution in [-0.2, 0) is 4.79 Å². The van der Waals surface area contributed by atoms with Crippen LogP contribution in [0.3, 0.4) is 0 Å². The molecule has 6 heteroatoms. The van der Waals surface area contributed by atoms with Crippen molar-refractivity contribution in [3.8, 4) is 0 Å². The number of rotatable bonds is 5. The number of hydrogen-bond donors (Lipinski definition) is 4. The molecule has 0 aromatic heterocycles. The molecule has 0 unspecified atom stereocenters. The third-order valence-corrected chi connectivity index (χ3v) is 3.61. The second-order valence-corrected chi connectivity index (χ2v) is 5.48. The van der Waals surface area contributed by atoms with Crippen LogP contribution in [0.5, 0.6) is 0 Å². The smallest absolute Gasteiger partial charge is 0.247 e. The van der Waals surface area contributed by atoms with Crippen LogP contribution in [0.2, 0.25) is 0 Å². The Hall–Kier alpha value is -1.89. The summed E-state index contributed by atoms with van der Waals surface area (Å²) in [5, 5.41) is 3.18. The minimum atomic E-state index is -0.288. The maximum Gasteiger partial charge on any atom is 0.247 e. The van der Waals surface area contributed by atoms with Gasteiger partial charge in [0.25, 0.3) is 0 Å². The number of amides is 1. The third kappa shape index (κ3) is 4.04. The molecule has 2 aromatic rings. The van der Waals surface area contributed by atoms with Crippen LogP contribution in [0, 0.1) is 0 Å². The van der Waals surface area contributed by atoms with E-state index in [-0.39, 0.29) is 18.5 Å². The zero-order valence-electron chi connectivity index (χ0n) is 11.3. The van der Waals surface area contributed by atoms with Crippen LogP contribution in [-0.4, -0.2) is 12.5 Å². The van der Waals surface area contributed by atoms with E-state index < -0.39 is 0 Å². The maximum atomic E-state index is 11.4. The highest BCUT2D eigenvalue weighted by atomic mass is 79.9. The summed E-state index contributed by atoms with van der Waals surface area (Å²) in [6.07, 6.45) is 0. The van der Waals surface area contributed by atoms with Gasteiger partial charge in [0.2, 0.25) is 5.91 Å². The van der Waals surface area contributed by atoms with Gasteiger partial charge in [0, 0.05) is 10.2 Å². The second-order valence-electron chi connectivity index (χ2n) is 4.57. The molecule has 0 saturated heterocycles. The summed E-state index contributed by atoms with van der Waals surface area (Å²) in [7, 11) is 0. The van der Waals surface area contributed by atoms with Crippen molar-refractivity contribution < 1.29 is 4.79 Å². The Labute approximate surface area is 131 Å². The van der Waals surface area contributed by atoms with Gasteiger partial charge in [0.05, 0.1) is 12.6 Å². The number of carbonyl (C=O) groups excluding carboxylic acids is 1. The predicted octanol–water partition coefficient (Wildman–Crippen LogP) is 1.70. The number of hydrogen-bond acceptors (Lipinski definition) is 4. The first-order valence-electron chi connectivity index (χ1n) is 6.44. The summed E-state index contributed by atoms with van der Waals surface area (Å²) in [6, 6.07) is 15.3. The molecular weight excluding hydrogens is 332 g/mol. The van der Waals surface area contributed by atoms with Crippen molar-refractivity contribution in [1.29, 1.82) is 0 Å². The fourth-order valence-electron chi connectivity index (χ4n) is 2.09. The predicted molar refractivity (Wildman–Crippen MR) is 87.2 cm³/mol. The first kappa shape index (κ1) is 15.5. The molecule has 0 fully saturated rings. The lowest BCUT2D eigenvalue weighted by atomic mass is 9.97. The van der Waals surface area contributed by atoms with Crippen molar-refractivity contribution in [2.75, 3.05) is 12.3 Å². The summed E-state index contributed by atoms with van der Waals surface area (Å²) >= 11 is 3.45. The highest BCUT2D eigenvalue weighted by molar-refractivity contribution is 9.10. The number of benzene rings is 2. The zero-order chi connectivity index (χ0) is 15.2. The van der Waals surface area contributed by atoms with Gasteiger partial charge in [-0.25, -0.2) is 5.84 Å². The monoisotopic (exact) mass is 348 g/mol. The van der Waals surface area contributed by atoms with Crippen LogP contribution in [0.25, 0.3) is 0 Å². The number of nitrogens with one attached hydrogen (secondary N) is 2. The Morgan fingerprint density at radius 1 is 1.19 bits per heavy atom. The van der Waals surface area contributed by atoms with Crippen LogP contribution >= 0.6 is 15.9 Å². The molecule has 2 aromatic carbocycles. The molecule has 0 aliphatic carbocycles. The SMILES string of the molecule is NNC(=O)CN[C@H](c1ccccc1)c1cc(Br)ccc1N. The van der Waals surface area contributed by atoms with Gasteiger partial charge in [0.1, 0.15) is 0 Å².